The highest BCUT2D eigenvalue weighted by Crippen LogP contribution is 2.14. The molecule has 2 aromatic heterocycles. The number of hydrogen-bond donors (Lipinski definition) is 2. The number of amidine groups is 1. The number of nitrogens with zero attached hydrogens (tertiary/aromatic N) is 5. The van der Waals surface area contributed by atoms with Gasteiger partial charge in [-0.1, -0.05) is 11.2 Å². The number of oxime groups is 1. The van der Waals surface area contributed by atoms with E-state index >= 15 is 0 Å². The number of aryl methyl sites for hydroxylation is 1. The maximum Gasteiger partial charge on any atom is 0.140 e. The molecule has 2 aromatic rings. The topological polar surface area (TPSA) is 101 Å². The van der Waals surface area contributed by atoms with Crippen molar-refractivity contribution in [2.75, 3.05) is 11.4 Å². The van der Waals surface area contributed by atoms with Gasteiger partial charge in [0.1, 0.15) is 17.5 Å². The molecule has 0 fully saturated rings. The Labute approximate surface area is 123 Å². The fraction of sp³-hybridized carbons (Fsp3) is 0.286. The molecule has 0 aliphatic heterocycles. The first kappa shape index (κ1) is 14.7. The van der Waals surface area contributed by atoms with Crippen LogP contribution in [0.2, 0.25) is 0 Å². The van der Waals surface area contributed by atoms with Crippen LogP contribution < -0.4 is 10.6 Å². The largest absolute Gasteiger partial charge is 0.409 e. The van der Waals surface area contributed by atoms with Gasteiger partial charge in [-0.05, 0) is 24.6 Å². The zero-order chi connectivity index (χ0) is 15.1. The summed E-state index contributed by atoms with van der Waals surface area (Å²) >= 11 is 0. The summed E-state index contributed by atoms with van der Waals surface area (Å²) < 4.78 is 0. The van der Waals surface area contributed by atoms with E-state index in [1.807, 2.05) is 36.2 Å². The molecular formula is C14H18N6O. The van der Waals surface area contributed by atoms with E-state index in [1.165, 1.54) is 0 Å². The van der Waals surface area contributed by atoms with Gasteiger partial charge in [0, 0.05) is 38.1 Å². The highest BCUT2D eigenvalue weighted by Gasteiger charge is 2.10. The van der Waals surface area contributed by atoms with E-state index < -0.39 is 0 Å². The minimum absolute atomic E-state index is 0.192. The average molecular weight is 286 g/mol. The lowest BCUT2D eigenvalue weighted by Gasteiger charge is -2.23. The second-order valence-corrected chi connectivity index (χ2v) is 4.59. The Morgan fingerprint density at radius 2 is 2.24 bits per heavy atom. The second-order valence-electron chi connectivity index (χ2n) is 4.59. The van der Waals surface area contributed by atoms with Gasteiger partial charge in [-0.25, -0.2) is 9.97 Å². The van der Waals surface area contributed by atoms with Gasteiger partial charge in [-0.2, -0.15) is 0 Å². The van der Waals surface area contributed by atoms with Crippen molar-refractivity contribution in [3.63, 3.8) is 0 Å². The van der Waals surface area contributed by atoms with E-state index in [-0.39, 0.29) is 5.84 Å². The van der Waals surface area contributed by atoms with Crippen LogP contribution in [0.3, 0.4) is 0 Å². The van der Waals surface area contributed by atoms with Crippen molar-refractivity contribution >= 4 is 11.7 Å². The molecule has 0 spiro atoms. The summed E-state index contributed by atoms with van der Waals surface area (Å²) in [7, 11) is 0. The summed E-state index contributed by atoms with van der Waals surface area (Å²) in [6, 6.07) is 5.73. The number of pyridine rings is 1. The van der Waals surface area contributed by atoms with E-state index in [4.69, 9.17) is 10.9 Å². The molecule has 3 N–H and O–H groups in total. The molecular weight excluding hydrogens is 268 g/mol. The van der Waals surface area contributed by atoms with Crippen molar-refractivity contribution in [3.8, 4) is 0 Å². The SMILES string of the molecule is Cc1nccc(N(CCC(N)=NO)Cc2cccnc2)n1. The molecule has 0 amide bonds. The molecule has 7 nitrogen and oxygen atoms in total. The zero-order valence-electron chi connectivity index (χ0n) is 11.8. The first-order chi connectivity index (χ1) is 10.2. The quantitative estimate of drug-likeness (QED) is 0.359. The van der Waals surface area contributed by atoms with E-state index in [9.17, 15) is 0 Å². The van der Waals surface area contributed by atoms with E-state index in [2.05, 4.69) is 20.1 Å². The van der Waals surface area contributed by atoms with Gasteiger partial charge in [0.2, 0.25) is 0 Å². The van der Waals surface area contributed by atoms with Crippen molar-refractivity contribution in [1.82, 2.24) is 15.0 Å². The van der Waals surface area contributed by atoms with Crippen LogP contribution in [-0.4, -0.2) is 32.5 Å². The maximum atomic E-state index is 8.66. The predicted molar refractivity (Wildman–Crippen MR) is 80.1 cm³/mol. The Morgan fingerprint density at radius 1 is 1.38 bits per heavy atom. The molecule has 0 atom stereocenters. The summed E-state index contributed by atoms with van der Waals surface area (Å²) in [5.41, 5.74) is 6.61. The highest BCUT2D eigenvalue weighted by molar-refractivity contribution is 5.80. The lowest BCUT2D eigenvalue weighted by molar-refractivity contribution is 0.317. The summed E-state index contributed by atoms with van der Waals surface area (Å²) in [4.78, 5) is 14.7. The molecule has 0 saturated carbocycles. The standard InChI is InChI=1S/C14H18N6O/c1-11-17-7-4-14(18-11)20(8-5-13(15)19-21)10-12-3-2-6-16-9-12/h2-4,6-7,9,21H,5,8,10H2,1H3,(H2,15,19). The molecule has 0 aliphatic carbocycles. The van der Waals surface area contributed by atoms with Crippen LogP contribution in [0.15, 0.2) is 41.9 Å². The third-order valence-electron chi connectivity index (χ3n) is 2.95. The minimum Gasteiger partial charge on any atom is -0.409 e. The summed E-state index contributed by atoms with van der Waals surface area (Å²) in [6.45, 7) is 3.07. The maximum absolute atomic E-state index is 8.66. The third kappa shape index (κ3) is 4.41. The Hall–Kier alpha value is -2.70. The molecule has 0 saturated heterocycles. The Bertz CT molecular complexity index is 601. The summed E-state index contributed by atoms with van der Waals surface area (Å²) in [6.07, 6.45) is 5.71. The van der Waals surface area contributed by atoms with Crippen LogP contribution in [0, 0.1) is 6.92 Å². The van der Waals surface area contributed by atoms with Crippen molar-refractivity contribution in [1.29, 1.82) is 0 Å². The van der Waals surface area contributed by atoms with Crippen LogP contribution in [0.1, 0.15) is 17.8 Å². The van der Waals surface area contributed by atoms with Crippen LogP contribution in [0.5, 0.6) is 0 Å². The molecule has 7 heteroatoms. The molecule has 0 bridgehead atoms. The minimum atomic E-state index is 0.192. The fourth-order valence-electron chi connectivity index (χ4n) is 1.91. The Balaban J connectivity index is 2.17. The number of anilines is 1. The smallest absolute Gasteiger partial charge is 0.140 e. The molecule has 2 heterocycles. The third-order valence-corrected chi connectivity index (χ3v) is 2.95. The van der Waals surface area contributed by atoms with Gasteiger partial charge < -0.3 is 15.8 Å². The summed E-state index contributed by atoms with van der Waals surface area (Å²) in [5, 5.41) is 11.7. The van der Waals surface area contributed by atoms with Crippen molar-refractivity contribution in [2.45, 2.75) is 19.9 Å². The Morgan fingerprint density at radius 3 is 2.90 bits per heavy atom. The van der Waals surface area contributed by atoms with Gasteiger partial charge >= 0.3 is 0 Å². The number of hydrogen-bond acceptors (Lipinski definition) is 6. The molecule has 0 unspecified atom stereocenters. The van der Waals surface area contributed by atoms with E-state index in [0.717, 1.165) is 11.4 Å². The van der Waals surface area contributed by atoms with Crippen LogP contribution in [0.4, 0.5) is 5.82 Å². The van der Waals surface area contributed by atoms with Crippen molar-refractivity contribution < 1.29 is 5.21 Å². The van der Waals surface area contributed by atoms with Gasteiger partial charge in [-0.15, -0.1) is 0 Å². The van der Waals surface area contributed by atoms with E-state index in [0.29, 0.717) is 25.3 Å². The second kappa shape index (κ2) is 7.18. The van der Waals surface area contributed by atoms with Gasteiger partial charge in [0.05, 0.1) is 0 Å². The lowest BCUT2D eigenvalue weighted by Crippen LogP contribution is -2.28. The molecule has 110 valence electrons. The summed E-state index contributed by atoms with van der Waals surface area (Å²) in [5.74, 6) is 1.70. The van der Waals surface area contributed by atoms with Crippen molar-refractivity contribution in [3.05, 3.63) is 48.2 Å². The molecule has 0 aliphatic rings. The zero-order valence-corrected chi connectivity index (χ0v) is 11.8. The van der Waals surface area contributed by atoms with Gasteiger partial charge in [0.25, 0.3) is 0 Å². The van der Waals surface area contributed by atoms with Crippen LogP contribution in [0.25, 0.3) is 0 Å². The highest BCUT2D eigenvalue weighted by atomic mass is 16.4. The molecule has 0 radical (unpaired) electrons. The molecule has 2 rings (SSSR count). The normalized spacial score (nSPS) is 11.4. The van der Waals surface area contributed by atoms with Crippen LogP contribution >= 0.6 is 0 Å². The lowest BCUT2D eigenvalue weighted by atomic mass is 10.2. The van der Waals surface area contributed by atoms with Crippen molar-refractivity contribution in [2.24, 2.45) is 10.9 Å². The number of aromatic nitrogens is 3. The van der Waals surface area contributed by atoms with Gasteiger partial charge in [-0.3, -0.25) is 4.98 Å². The van der Waals surface area contributed by atoms with E-state index in [1.54, 1.807) is 12.4 Å². The first-order valence-corrected chi connectivity index (χ1v) is 6.59. The van der Waals surface area contributed by atoms with Gasteiger partial charge in [0.15, 0.2) is 0 Å². The monoisotopic (exact) mass is 286 g/mol. The number of nitrogens with two attached hydrogens (primary N) is 1. The van der Waals surface area contributed by atoms with Crippen LogP contribution in [-0.2, 0) is 6.54 Å². The predicted octanol–water partition coefficient (Wildman–Crippen LogP) is 1.32. The Kier molecular flexibility index (Phi) is 5.03. The number of rotatable bonds is 6. The fourth-order valence-corrected chi connectivity index (χ4v) is 1.91. The molecule has 0 aromatic carbocycles. The average Bonchev–Trinajstić information content (AvgIpc) is 2.52. The molecule has 21 heavy (non-hydrogen) atoms. The first-order valence-electron chi connectivity index (χ1n) is 6.59.